The number of benzene rings is 3. The van der Waals surface area contributed by atoms with Gasteiger partial charge in [0, 0.05) is 23.9 Å². The molecule has 3 aromatic carbocycles. The van der Waals surface area contributed by atoms with Gasteiger partial charge in [-0.3, -0.25) is 4.79 Å². The van der Waals surface area contributed by atoms with E-state index in [4.69, 9.17) is 30.9 Å². The van der Waals surface area contributed by atoms with Crippen LogP contribution >= 0.6 is 27.5 Å². The normalized spacial score (nSPS) is 11.6. The lowest BCUT2D eigenvalue weighted by atomic mass is 10.1. The van der Waals surface area contributed by atoms with Gasteiger partial charge in [-0.05, 0) is 71.2 Å². The molecule has 5 nitrogen and oxygen atoms in total. The molecule has 0 aliphatic rings. The highest BCUT2D eigenvalue weighted by Gasteiger charge is 2.12. The minimum atomic E-state index is -0.812. The SMILES string of the molecule is CC(CCOc1ccc(CCC(=O)O)cc1Br)Oc1ccc(Cl)cc1Oc1ccccc1. The van der Waals surface area contributed by atoms with Gasteiger partial charge in [0.2, 0.25) is 0 Å². The second-order valence-corrected chi connectivity index (χ2v) is 8.52. The first kappa shape index (κ1) is 24.0. The number of carbonyl (C=O) groups is 1. The lowest BCUT2D eigenvalue weighted by molar-refractivity contribution is -0.136. The van der Waals surface area contributed by atoms with E-state index >= 15 is 0 Å². The smallest absolute Gasteiger partial charge is 0.303 e. The van der Waals surface area contributed by atoms with E-state index in [1.165, 1.54) is 0 Å². The lowest BCUT2D eigenvalue weighted by Crippen LogP contribution is -2.16. The number of halogens is 2. The molecule has 0 heterocycles. The fourth-order valence-corrected chi connectivity index (χ4v) is 3.66. The molecule has 7 heteroatoms. The van der Waals surface area contributed by atoms with Gasteiger partial charge in [-0.1, -0.05) is 35.9 Å². The van der Waals surface area contributed by atoms with Gasteiger partial charge < -0.3 is 19.3 Å². The van der Waals surface area contributed by atoms with Crippen molar-refractivity contribution in [1.29, 1.82) is 0 Å². The minimum Gasteiger partial charge on any atom is -0.492 e. The number of aliphatic carboxylic acids is 1. The van der Waals surface area contributed by atoms with Crippen LogP contribution in [0.1, 0.15) is 25.3 Å². The monoisotopic (exact) mass is 518 g/mol. The molecule has 0 amide bonds. The van der Waals surface area contributed by atoms with E-state index < -0.39 is 5.97 Å². The molecule has 0 aliphatic heterocycles. The average Bonchev–Trinajstić information content (AvgIpc) is 2.76. The molecule has 32 heavy (non-hydrogen) atoms. The molecule has 0 radical (unpaired) electrons. The van der Waals surface area contributed by atoms with E-state index in [0.29, 0.717) is 47.5 Å². The van der Waals surface area contributed by atoms with Gasteiger partial charge >= 0.3 is 5.97 Å². The Balaban J connectivity index is 1.54. The number of aryl methyl sites for hydroxylation is 1. The van der Waals surface area contributed by atoms with E-state index in [2.05, 4.69) is 15.9 Å². The van der Waals surface area contributed by atoms with Crippen LogP contribution in [0.15, 0.2) is 71.2 Å². The molecule has 0 spiro atoms. The molecule has 168 valence electrons. The summed E-state index contributed by atoms with van der Waals surface area (Å²) >= 11 is 9.63. The van der Waals surface area contributed by atoms with Gasteiger partial charge in [0.25, 0.3) is 0 Å². The van der Waals surface area contributed by atoms with E-state index in [0.717, 1.165) is 10.0 Å². The van der Waals surface area contributed by atoms with Crippen molar-refractivity contribution in [2.24, 2.45) is 0 Å². The first-order valence-electron chi connectivity index (χ1n) is 10.2. The van der Waals surface area contributed by atoms with Gasteiger partial charge in [-0.2, -0.15) is 0 Å². The summed E-state index contributed by atoms with van der Waals surface area (Å²) in [6, 6.07) is 20.4. The third-order valence-electron chi connectivity index (χ3n) is 4.61. The molecule has 0 fully saturated rings. The Hall–Kier alpha value is -2.70. The van der Waals surface area contributed by atoms with E-state index in [9.17, 15) is 4.79 Å². The van der Waals surface area contributed by atoms with Crippen LogP contribution in [0.2, 0.25) is 5.02 Å². The van der Waals surface area contributed by atoms with E-state index in [-0.39, 0.29) is 12.5 Å². The second kappa shape index (κ2) is 11.8. The van der Waals surface area contributed by atoms with Crippen LogP contribution in [0.25, 0.3) is 0 Å². The topological polar surface area (TPSA) is 65.0 Å². The maximum Gasteiger partial charge on any atom is 0.303 e. The number of hydrogen-bond acceptors (Lipinski definition) is 4. The number of carboxylic acid groups (broad SMARTS) is 1. The first-order valence-corrected chi connectivity index (χ1v) is 11.4. The largest absolute Gasteiger partial charge is 0.492 e. The zero-order chi connectivity index (χ0) is 22.9. The van der Waals surface area contributed by atoms with E-state index in [1.54, 1.807) is 18.2 Å². The van der Waals surface area contributed by atoms with Crippen molar-refractivity contribution in [1.82, 2.24) is 0 Å². The van der Waals surface area contributed by atoms with E-state index in [1.807, 2.05) is 55.5 Å². The Morgan fingerprint density at radius 2 is 1.78 bits per heavy atom. The quantitative estimate of drug-likeness (QED) is 0.291. The van der Waals surface area contributed by atoms with Crippen LogP contribution in [-0.4, -0.2) is 23.8 Å². The Morgan fingerprint density at radius 3 is 2.50 bits per heavy atom. The molecule has 0 aromatic heterocycles. The fourth-order valence-electron chi connectivity index (χ4n) is 2.95. The van der Waals surface area contributed by atoms with Gasteiger partial charge in [0.1, 0.15) is 11.5 Å². The molecule has 0 aliphatic carbocycles. The van der Waals surface area contributed by atoms with Crippen molar-refractivity contribution in [3.63, 3.8) is 0 Å². The summed E-state index contributed by atoms with van der Waals surface area (Å²) in [7, 11) is 0. The predicted molar refractivity (Wildman–Crippen MR) is 128 cm³/mol. The highest BCUT2D eigenvalue weighted by atomic mass is 79.9. The van der Waals surface area contributed by atoms with Crippen molar-refractivity contribution in [2.45, 2.75) is 32.3 Å². The number of hydrogen-bond donors (Lipinski definition) is 1. The van der Waals surface area contributed by atoms with Gasteiger partial charge in [-0.25, -0.2) is 0 Å². The standard InChI is InChI=1S/C25H24BrClO5/c1-17(13-14-30-22-10-7-18(15-21(22)26)8-12-25(28)29)31-23-11-9-19(27)16-24(23)32-20-5-3-2-4-6-20/h2-7,9-11,15-17H,8,12-14H2,1H3,(H,28,29). The molecule has 3 aromatic rings. The van der Waals surface area contributed by atoms with Crippen molar-refractivity contribution < 1.29 is 24.1 Å². The predicted octanol–water partition coefficient (Wildman–Crippen LogP) is 7.15. The van der Waals surface area contributed by atoms with Crippen molar-refractivity contribution in [2.75, 3.05) is 6.61 Å². The van der Waals surface area contributed by atoms with Crippen molar-refractivity contribution >= 4 is 33.5 Å². The maximum absolute atomic E-state index is 10.7. The number of rotatable bonds is 11. The summed E-state index contributed by atoms with van der Waals surface area (Å²) in [5.74, 6) is 1.75. The molecule has 0 bridgehead atoms. The number of ether oxygens (including phenoxy) is 3. The summed E-state index contributed by atoms with van der Waals surface area (Å²) < 4.78 is 18.7. The second-order valence-electron chi connectivity index (χ2n) is 7.23. The van der Waals surface area contributed by atoms with Gasteiger partial charge in [-0.15, -0.1) is 0 Å². The molecule has 0 saturated heterocycles. The molecule has 1 unspecified atom stereocenters. The van der Waals surface area contributed by atoms with Crippen LogP contribution in [0.5, 0.6) is 23.0 Å². The van der Waals surface area contributed by atoms with Crippen LogP contribution < -0.4 is 14.2 Å². The summed E-state index contributed by atoms with van der Waals surface area (Å²) in [4.78, 5) is 10.7. The molecular weight excluding hydrogens is 496 g/mol. The highest BCUT2D eigenvalue weighted by molar-refractivity contribution is 9.10. The van der Waals surface area contributed by atoms with Gasteiger partial charge in [0.15, 0.2) is 11.5 Å². The average molecular weight is 520 g/mol. The molecule has 1 atom stereocenters. The summed E-state index contributed by atoms with van der Waals surface area (Å²) in [6.07, 6.45) is 1.11. The Labute approximate surface area is 201 Å². The van der Waals surface area contributed by atoms with Crippen LogP contribution in [-0.2, 0) is 11.2 Å². The summed E-state index contributed by atoms with van der Waals surface area (Å²) in [5.41, 5.74) is 0.942. The Kier molecular flexibility index (Phi) is 8.82. The third kappa shape index (κ3) is 7.46. The van der Waals surface area contributed by atoms with Crippen LogP contribution in [0.4, 0.5) is 0 Å². The summed E-state index contributed by atoms with van der Waals surface area (Å²) in [6.45, 7) is 2.42. The Morgan fingerprint density at radius 1 is 1.03 bits per heavy atom. The van der Waals surface area contributed by atoms with Crippen molar-refractivity contribution in [3.8, 4) is 23.0 Å². The molecule has 1 N–H and O–H groups in total. The third-order valence-corrected chi connectivity index (χ3v) is 5.47. The molecular formula is C25H24BrClO5. The molecule has 3 rings (SSSR count). The summed E-state index contributed by atoms with van der Waals surface area (Å²) in [5, 5.41) is 9.38. The van der Waals surface area contributed by atoms with Gasteiger partial charge in [0.05, 0.1) is 17.2 Å². The van der Waals surface area contributed by atoms with Crippen LogP contribution in [0.3, 0.4) is 0 Å². The number of carboxylic acids is 1. The zero-order valence-electron chi connectivity index (χ0n) is 17.6. The number of para-hydroxylation sites is 1. The van der Waals surface area contributed by atoms with Crippen molar-refractivity contribution in [3.05, 3.63) is 81.8 Å². The zero-order valence-corrected chi connectivity index (χ0v) is 19.9. The highest BCUT2D eigenvalue weighted by Crippen LogP contribution is 2.35. The lowest BCUT2D eigenvalue weighted by Gasteiger charge is -2.18. The fraction of sp³-hybridized carbons (Fsp3) is 0.240. The molecule has 0 saturated carbocycles. The minimum absolute atomic E-state index is 0.0994. The van der Waals surface area contributed by atoms with Crippen LogP contribution in [0, 0.1) is 0 Å². The Bertz CT molecular complexity index is 1040. The first-order chi connectivity index (χ1) is 15.4. The maximum atomic E-state index is 10.7.